The van der Waals surface area contributed by atoms with Gasteiger partial charge in [0.2, 0.25) is 0 Å². The molecule has 2 nitrogen and oxygen atoms in total. The Hall–Kier alpha value is -0.310. The topological polar surface area (TPSA) is 26.3 Å². The fourth-order valence-electron chi connectivity index (χ4n) is 4.47. The van der Waals surface area contributed by atoms with Crippen LogP contribution in [0.3, 0.4) is 0 Å². The Bertz CT molecular complexity index is 374. The number of hydrogen-bond donors (Lipinski definition) is 0. The molecule has 4 bridgehead atoms. The molecular weight excluding hydrogens is 280 g/mol. The van der Waals surface area contributed by atoms with Crippen molar-refractivity contribution in [2.45, 2.75) is 55.4 Å². The van der Waals surface area contributed by atoms with Gasteiger partial charge in [0.25, 0.3) is 0 Å². The highest BCUT2D eigenvalue weighted by Crippen LogP contribution is 2.61. The average molecular weight is 299 g/mol. The fraction of sp³-hybridized carbons (Fsp3) is 0.786. The summed E-state index contributed by atoms with van der Waals surface area (Å²) in [5.74, 6) is 1.28. The van der Waals surface area contributed by atoms with Crippen LogP contribution in [0.5, 0.6) is 0 Å². The Balaban J connectivity index is 1.83. The van der Waals surface area contributed by atoms with Crippen molar-refractivity contribution in [1.82, 2.24) is 0 Å². The molecule has 0 aliphatic heterocycles. The first-order valence-corrected chi connectivity index (χ1v) is 7.27. The molecule has 4 rings (SSSR count). The third-order valence-corrected chi connectivity index (χ3v) is 5.52. The van der Waals surface area contributed by atoms with E-state index in [9.17, 15) is 4.79 Å². The van der Waals surface area contributed by atoms with Crippen LogP contribution in [0.15, 0.2) is 12.2 Å². The summed E-state index contributed by atoms with van der Waals surface area (Å²) in [6.45, 7) is 5.41. The summed E-state index contributed by atoms with van der Waals surface area (Å²) in [6, 6.07) is 0. The first-order valence-electron chi connectivity index (χ1n) is 6.48. The van der Waals surface area contributed by atoms with E-state index in [4.69, 9.17) is 4.74 Å². The highest BCUT2D eigenvalue weighted by Gasteiger charge is 2.58. The van der Waals surface area contributed by atoms with E-state index in [1.165, 1.54) is 19.3 Å². The predicted octanol–water partition coefficient (Wildman–Crippen LogP) is 3.59. The summed E-state index contributed by atoms with van der Waals surface area (Å²) in [7, 11) is 0. The largest absolute Gasteiger partial charge is 0.456 e. The van der Waals surface area contributed by atoms with Gasteiger partial charge >= 0.3 is 5.97 Å². The molecule has 0 aromatic carbocycles. The fourth-order valence-corrected chi connectivity index (χ4v) is 5.90. The monoisotopic (exact) mass is 298 g/mol. The first-order chi connectivity index (χ1) is 7.90. The van der Waals surface area contributed by atoms with E-state index >= 15 is 0 Å². The lowest BCUT2D eigenvalue weighted by atomic mass is 9.54. The number of halogens is 1. The Kier molecular flexibility index (Phi) is 2.49. The van der Waals surface area contributed by atoms with Gasteiger partial charge in [0.05, 0.1) is 0 Å². The zero-order chi connectivity index (χ0) is 12.3. The van der Waals surface area contributed by atoms with Crippen molar-refractivity contribution in [2.24, 2.45) is 11.8 Å². The molecule has 4 saturated carbocycles. The van der Waals surface area contributed by atoms with E-state index < -0.39 is 0 Å². The summed E-state index contributed by atoms with van der Waals surface area (Å²) in [5, 5.41) is 0. The van der Waals surface area contributed by atoms with Gasteiger partial charge in [-0.15, -0.1) is 0 Å². The molecule has 4 aliphatic carbocycles. The van der Waals surface area contributed by atoms with Gasteiger partial charge in [0.1, 0.15) is 5.60 Å². The molecule has 3 heteroatoms. The van der Waals surface area contributed by atoms with Gasteiger partial charge in [-0.2, -0.15) is 0 Å². The number of rotatable bonds is 2. The summed E-state index contributed by atoms with van der Waals surface area (Å²) >= 11 is 3.91. The lowest BCUT2D eigenvalue weighted by molar-refractivity contribution is -0.178. The van der Waals surface area contributed by atoms with Crippen molar-refractivity contribution in [3.05, 3.63) is 12.2 Å². The number of alkyl halides is 1. The Morgan fingerprint density at radius 2 is 1.88 bits per heavy atom. The number of carbonyl (C=O) groups is 1. The highest BCUT2D eigenvalue weighted by molar-refractivity contribution is 9.10. The molecule has 4 aliphatic rings. The number of ether oxygens (including phenoxy) is 1. The van der Waals surface area contributed by atoms with Crippen molar-refractivity contribution >= 4 is 21.9 Å². The van der Waals surface area contributed by atoms with E-state index in [-0.39, 0.29) is 15.9 Å². The molecule has 0 amide bonds. The summed E-state index contributed by atoms with van der Waals surface area (Å²) in [4.78, 5) is 11.8. The molecule has 4 fully saturated rings. The van der Waals surface area contributed by atoms with Gasteiger partial charge in [-0.3, -0.25) is 0 Å². The quantitative estimate of drug-likeness (QED) is 0.442. The second-order valence-corrected chi connectivity index (χ2v) is 8.15. The average Bonchev–Trinajstić information content (AvgIpc) is 2.11. The van der Waals surface area contributed by atoms with Crippen LogP contribution >= 0.6 is 15.9 Å². The number of esters is 1. The van der Waals surface area contributed by atoms with Crippen LogP contribution in [0.1, 0.15) is 45.4 Å². The second-order valence-electron chi connectivity index (χ2n) is 6.46. The van der Waals surface area contributed by atoms with Crippen LogP contribution in [0.2, 0.25) is 0 Å². The van der Waals surface area contributed by atoms with Crippen molar-refractivity contribution in [1.29, 1.82) is 0 Å². The van der Waals surface area contributed by atoms with Crippen LogP contribution < -0.4 is 0 Å². The molecule has 0 heterocycles. The third kappa shape index (κ3) is 1.96. The van der Waals surface area contributed by atoms with Crippen molar-refractivity contribution in [3.63, 3.8) is 0 Å². The zero-order valence-corrected chi connectivity index (χ0v) is 11.9. The van der Waals surface area contributed by atoms with Crippen molar-refractivity contribution in [3.8, 4) is 0 Å². The molecule has 0 N–H and O–H groups in total. The summed E-state index contributed by atoms with van der Waals surface area (Å²) in [5.41, 5.74) is 0.327. The third-order valence-electron chi connectivity index (χ3n) is 4.59. The van der Waals surface area contributed by atoms with Crippen molar-refractivity contribution < 1.29 is 9.53 Å². The maximum atomic E-state index is 11.8. The zero-order valence-electron chi connectivity index (χ0n) is 10.3. The van der Waals surface area contributed by atoms with Gasteiger partial charge in [-0.25, -0.2) is 4.79 Å². The minimum Gasteiger partial charge on any atom is -0.456 e. The maximum Gasteiger partial charge on any atom is 0.333 e. The molecule has 2 atom stereocenters. The molecule has 17 heavy (non-hydrogen) atoms. The van der Waals surface area contributed by atoms with Crippen LogP contribution in [0.25, 0.3) is 0 Å². The molecule has 0 radical (unpaired) electrons. The van der Waals surface area contributed by atoms with Crippen LogP contribution in [0.4, 0.5) is 0 Å². The van der Waals surface area contributed by atoms with E-state index in [0.29, 0.717) is 5.57 Å². The lowest BCUT2D eigenvalue weighted by Gasteiger charge is -2.59. The molecule has 0 aromatic rings. The van der Waals surface area contributed by atoms with Crippen LogP contribution in [0, 0.1) is 11.8 Å². The molecule has 94 valence electrons. The lowest BCUT2D eigenvalue weighted by Crippen LogP contribution is -2.58. The van der Waals surface area contributed by atoms with Crippen molar-refractivity contribution in [2.75, 3.05) is 0 Å². The Labute approximate surface area is 111 Å². The Morgan fingerprint density at radius 1 is 1.29 bits per heavy atom. The van der Waals surface area contributed by atoms with E-state index in [2.05, 4.69) is 22.5 Å². The number of hydrogen-bond acceptors (Lipinski definition) is 2. The molecular formula is C14H19BrO2. The van der Waals surface area contributed by atoms with Crippen LogP contribution in [-0.4, -0.2) is 15.9 Å². The van der Waals surface area contributed by atoms with Gasteiger partial charge in [-0.05, 0) is 50.9 Å². The van der Waals surface area contributed by atoms with Gasteiger partial charge in [0.15, 0.2) is 0 Å². The predicted molar refractivity (Wildman–Crippen MR) is 70.0 cm³/mol. The van der Waals surface area contributed by atoms with Gasteiger partial charge in [-0.1, -0.05) is 22.5 Å². The normalized spacial score (nSPS) is 46.9. The SMILES string of the molecule is C=C(C)C(=O)OC12CC3CC(CC(Br)(C3)C1)C2. The van der Waals surface area contributed by atoms with Gasteiger partial charge < -0.3 is 4.74 Å². The number of carbonyl (C=O) groups excluding carboxylic acids is 1. The van der Waals surface area contributed by atoms with Gasteiger partial charge in [0, 0.05) is 16.3 Å². The molecule has 0 saturated heterocycles. The smallest absolute Gasteiger partial charge is 0.333 e. The maximum absolute atomic E-state index is 11.8. The Morgan fingerprint density at radius 3 is 2.35 bits per heavy atom. The van der Waals surface area contributed by atoms with E-state index in [1.54, 1.807) is 6.92 Å². The minimum absolute atomic E-state index is 0.191. The second kappa shape index (κ2) is 3.59. The first kappa shape index (κ1) is 11.8. The van der Waals surface area contributed by atoms with E-state index in [1.807, 2.05) is 0 Å². The molecule has 0 aromatic heterocycles. The molecule has 2 unspecified atom stereocenters. The summed E-state index contributed by atoms with van der Waals surface area (Å²) < 4.78 is 6.05. The van der Waals surface area contributed by atoms with E-state index in [0.717, 1.165) is 31.1 Å². The highest BCUT2D eigenvalue weighted by atomic mass is 79.9. The minimum atomic E-state index is -0.206. The molecule has 0 spiro atoms. The van der Waals surface area contributed by atoms with Crippen LogP contribution in [-0.2, 0) is 9.53 Å². The summed E-state index contributed by atoms with van der Waals surface area (Å²) in [6.07, 6.45) is 6.98. The standard InChI is InChI=1S/C14H19BrO2/c1-9(2)12(16)17-14-6-10-3-11(7-14)5-13(15,4-10)8-14/h10-11H,1,3-8H2,2H3.